The Balaban J connectivity index is 1.94. The smallest absolute Gasteiger partial charge is 0.193 e. The third-order valence-electron chi connectivity index (χ3n) is 4.90. The van der Waals surface area contributed by atoms with Crippen LogP contribution in [0.4, 0.5) is 0 Å². The van der Waals surface area contributed by atoms with E-state index in [9.17, 15) is 0 Å². The highest BCUT2D eigenvalue weighted by Gasteiger charge is 2.57. The standard InChI is InChI=1S/C16H24OS2Si/c1-15(2,3)20(4,5)17-14-12-8-6-7-9-13(12)16(14)18-10-11-19-16/h6-9,14H,10-11H2,1-5H3. The van der Waals surface area contributed by atoms with Crippen molar-refractivity contribution >= 4 is 31.8 Å². The van der Waals surface area contributed by atoms with Crippen LogP contribution in [0.15, 0.2) is 24.3 Å². The largest absolute Gasteiger partial charge is 0.407 e. The fourth-order valence-electron chi connectivity index (χ4n) is 2.66. The molecule has 1 aliphatic carbocycles. The van der Waals surface area contributed by atoms with Crippen molar-refractivity contribution < 1.29 is 4.43 Å². The van der Waals surface area contributed by atoms with E-state index in [1.54, 1.807) is 0 Å². The lowest BCUT2D eigenvalue weighted by Gasteiger charge is -2.52. The monoisotopic (exact) mass is 324 g/mol. The molecule has 1 saturated heterocycles. The molecule has 0 bridgehead atoms. The Morgan fingerprint density at radius 3 is 2.35 bits per heavy atom. The predicted molar refractivity (Wildman–Crippen MR) is 94.1 cm³/mol. The average molecular weight is 325 g/mol. The van der Waals surface area contributed by atoms with Crippen molar-refractivity contribution in [3.63, 3.8) is 0 Å². The average Bonchev–Trinajstić information content (AvgIpc) is 2.86. The Morgan fingerprint density at radius 1 is 1.15 bits per heavy atom. The third kappa shape index (κ3) is 2.11. The Hall–Kier alpha value is 0.0969. The van der Waals surface area contributed by atoms with Gasteiger partial charge in [0.25, 0.3) is 0 Å². The van der Waals surface area contributed by atoms with E-state index < -0.39 is 8.32 Å². The fraction of sp³-hybridized carbons (Fsp3) is 0.625. The second kappa shape index (κ2) is 4.80. The highest BCUT2D eigenvalue weighted by atomic mass is 32.2. The zero-order chi connectivity index (χ0) is 14.6. The molecule has 0 saturated carbocycles. The van der Waals surface area contributed by atoms with E-state index in [2.05, 4.69) is 81.7 Å². The number of benzene rings is 1. The zero-order valence-corrected chi connectivity index (χ0v) is 15.7. The van der Waals surface area contributed by atoms with Gasteiger partial charge in [-0.3, -0.25) is 0 Å². The minimum atomic E-state index is -1.73. The summed E-state index contributed by atoms with van der Waals surface area (Å²) < 4.78 is 6.99. The van der Waals surface area contributed by atoms with Gasteiger partial charge in [-0.15, -0.1) is 23.5 Å². The highest BCUT2D eigenvalue weighted by Crippen LogP contribution is 2.68. The second-order valence-corrected chi connectivity index (χ2v) is 14.9. The van der Waals surface area contributed by atoms with E-state index in [1.165, 1.54) is 22.6 Å². The van der Waals surface area contributed by atoms with Crippen LogP contribution in [-0.4, -0.2) is 19.8 Å². The molecule has 0 N–H and O–H groups in total. The van der Waals surface area contributed by atoms with Crippen LogP contribution < -0.4 is 0 Å². The summed E-state index contributed by atoms with van der Waals surface area (Å²) in [4.78, 5) is 0. The lowest BCUT2D eigenvalue weighted by Crippen LogP contribution is -2.48. The lowest BCUT2D eigenvalue weighted by atomic mass is 9.84. The van der Waals surface area contributed by atoms with E-state index in [-0.39, 0.29) is 15.2 Å². The molecule has 1 aromatic carbocycles. The van der Waals surface area contributed by atoms with Crippen LogP contribution >= 0.6 is 23.5 Å². The van der Waals surface area contributed by atoms with E-state index in [0.717, 1.165) is 0 Å². The Morgan fingerprint density at radius 2 is 1.75 bits per heavy atom. The van der Waals surface area contributed by atoms with Crippen molar-refractivity contribution in [1.82, 2.24) is 0 Å². The lowest BCUT2D eigenvalue weighted by molar-refractivity contribution is 0.145. The Labute approximate surface area is 132 Å². The molecule has 1 nitrogen and oxygen atoms in total. The van der Waals surface area contributed by atoms with Gasteiger partial charge in [0.1, 0.15) is 4.08 Å². The van der Waals surface area contributed by atoms with Crippen LogP contribution in [0.25, 0.3) is 0 Å². The van der Waals surface area contributed by atoms with Gasteiger partial charge in [0.05, 0.1) is 6.10 Å². The Kier molecular flexibility index (Phi) is 3.60. The van der Waals surface area contributed by atoms with Gasteiger partial charge in [0.15, 0.2) is 8.32 Å². The minimum absolute atomic E-state index is 0.187. The summed E-state index contributed by atoms with van der Waals surface area (Å²) in [6.45, 7) is 11.7. The van der Waals surface area contributed by atoms with E-state index >= 15 is 0 Å². The van der Waals surface area contributed by atoms with Gasteiger partial charge >= 0.3 is 0 Å². The summed E-state index contributed by atoms with van der Waals surface area (Å²) in [7, 11) is -1.73. The second-order valence-electron chi connectivity index (χ2n) is 7.21. The van der Waals surface area contributed by atoms with Crippen LogP contribution in [0.5, 0.6) is 0 Å². The molecule has 1 aliphatic heterocycles. The van der Waals surface area contributed by atoms with Gasteiger partial charge in [-0.05, 0) is 29.3 Å². The minimum Gasteiger partial charge on any atom is -0.407 e. The highest BCUT2D eigenvalue weighted by molar-refractivity contribution is 8.20. The van der Waals surface area contributed by atoms with Crippen LogP contribution in [0.1, 0.15) is 38.0 Å². The fourth-order valence-corrected chi connectivity index (χ4v) is 7.52. The molecular weight excluding hydrogens is 300 g/mol. The molecule has 110 valence electrons. The molecule has 1 fully saturated rings. The first kappa shape index (κ1) is 15.0. The first-order valence-electron chi connectivity index (χ1n) is 7.33. The zero-order valence-electron chi connectivity index (χ0n) is 13.0. The van der Waals surface area contributed by atoms with E-state index in [0.29, 0.717) is 0 Å². The summed E-state index contributed by atoms with van der Waals surface area (Å²) >= 11 is 4.19. The molecule has 3 rings (SSSR count). The SMILES string of the molecule is CC(C)(C)[Si](C)(C)OC1c2ccccc2C12SCCS2. The first-order valence-corrected chi connectivity index (χ1v) is 12.2. The van der Waals surface area contributed by atoms with Gasteiger partial charge in [0, 0.05) is 11.5 Å². The molecule has 4 heteroatoms. The van der Waals surface area contributed by atoms with Gasteiger partial charge in [-0.1, -0.05) is 45.0 Å². The molecule has 1 aromatic rings. The molecule has 0 aromatic heterocycles. The maximum absolute atomic E-state index is 6.80. The summed E-state index contributed by atoms with van der Waals surface area (Å²) in [5.41, 5.74) is 2.94. The topological polar surface area (TPSA) is 9.23 Å². The molecule has 1 unspecified atom stereocenters. The molecule has 2 aliphatic rings. The van der Waals surface area contributed by atoms with Gasteiger partial charge in [0.2, 0.25) is 0 Å². The molecule has 0 radical (unpaired) electrons. The van der Waals surface area contributed by atoms with Crippen molar-refractivity contribution in [1.29, 1.82) is 0 Å². The van der Waals surface area contributed by atoms with E-state index in [4.69, 9.17) is 4.43 Å². The molecule has 1 heterocycles. The molecule has 1 spiro atoms. The number of fused-ring (bicyclic) bond motifs is 2. The number of hydrogen-bond donors (Lipinski definition) is 0. The third-order valence-corrected chi connectivity index (χ3v) is 12.8. The molecule has 20 heavy (non-hydrogen) atoms. The van der Waals surface area contributed by atoms with Gasteiger partial charge < -0.3 is 4.43 Å². The van der Waals surface area contributed by atoms with Crippen LogP contribution in [-0.2, 0) is 8.51 Å². The molecule has 0 amide bonds. The number of rotatable bonds is 2. The normalized spacial score (nSPS) is 24.6. The molecule has 1 atom stereocenters. The van der Waals surface area contributed by atoms with Crippen molar-refractivity contribution in [2.45, 2.75) is 49.1 Å². The van der Waals surface area contributed by atoms with Crippen molar-refractivity contribution in [3.8, 4) is 0 Å². The first-order chi connectivity index (χ1) is 9.28. The van der Waals surface area contributed by atoms with Crippen LogP contribution in [0.3, 0.4) is 0 Å². The summed E-state index contributed by atoms with van der Waals surface area (Å²) in [5.74, 6) is 2.49. The number of hydrogen-bond acceptors (Lipinski definition) is 3. The van der Waals surface area contributed by atoms with Crippen LogP contribution in [0.2, 0.25) is 18.1 Å². The van der Waals surface area contributed by atoms with E-state index in [1.807, 2.05) is 0 Å². The summed E-state index contributed by atoms with van der Waals surface area (Å²) in [6, 6.07) is 8.88. The van der Waals surface area contributed by atoms with Crippen molar-refractivity contribution in [2.24, 2.45) is 0 Å². The summed E-state index contributed by atoms with van der Waals surface area (Å²) in [5, 5.41) is 0.270. The number of thioether (sulfide) groups is 2. The predicted octanol–water partition coefficient (Wildman–Crippen LogP) is 5.40. The summed E-state index contributed by atoms with van der Waals surface area (Å²) in [6.07, 6.45) is 0.289. The van der Waals surface area contributed by atoms with Crippen LogP contribution in [0, 0.1) is 0 Å². The maximum atomic E-state index is 6.80. The van der Waals surface area contributed by atoms with Gasteiger partial charge in [-0.2, -0.15) is 0 Å². The molecular formula is C16H24OS2Si. The van der Waals surface area contributed by atoms with Crippen molar-refractivity contribution in [2.75, 3.05) is 11.5 Å². The van der Waals surface area contributed by atoms with Gasteiger partial charge in [-0.25, -0.2) is 0 Å². The Bertz CT molecular complexity index is 515. The van der Waals surface area contributed by atoms with Crippen molar-refractivity contribution in [3.05, 3.63) is 35.4 Å². The maximum Gasteiger partial charge on any atom is 0.193 e. The quantitative estimate of drug-likeness (QED) is 0.674.